The van der Waals surface area contributed by atoms with Crippen molar-refractivity contribution < 1.29 is 8.42 Å². The number of hydrogen-bond donors (Lipinski definition) is 0. The van der Waals surface area contributed by atoms with Gasteiger partial charge in [0, 0.05) is 31.6 Å². The van der Waals surface area contributed by atoms with Crippen molar-refractivity contribution in [1.82, 2.24) is 8.61 Å². The number of hydrogen-bond acceptors (Lipinski definition) is 2. The summed E-state index contributed by atoms with van der Waals surface area (Å²) in [5.74, 6) is 0.339. The van der Waals surface area contributed by atoms with E-state index in [0.717, 1.165) is 19.3 Å². The van der Waals surface area contributed by atoms with Crippen molar-refractivity contribution in [2.24, 2.45) is 0 Å². The number of halogens is 1. The van der Waals surface area contributed by atoms with Gasteiger partial charge < -0.3 is 0 Å². The second kappa shape index (κ2) is 6.19. The van der Waals surface area contributed by atoms with Gasteiger partial charge >= 0.3 is 0 Å². The van der Waals surface area contributed by atoms with Crippen molar-refractivity contribution in [3.8, 4) is 0 Å². The Labute approximate surface area is 104 Å². The Bertz CT molecular complexity index is 300. The summed E-state index contributed by atoms with van der Waals surface area (Å²) in [5, 5.41) is 0. The molecule has 0 saturated carbocycles. The summed E-state index contributed by atoms with van der Waals surface area (Å²) < 4.78 is 27.7. The molecule has 0 unspecified atom stereocenters. The Morgan fingerprint density at radius 2 is 1.81 bits per heavy atom. The predicted molar refractivity (Wildman–Crippen MR) is 66.9 cm³/mol. The molecule has 4 nitrogen and oxygen atoms in total. The van der Waals surface area contributed by atoms with Crippen molar-refractivity contribution >= 4 is 21.8 Å². The fourth-order valence-corrected chi connectivity index (χ4v) is 4.12. The van der Waals surface area contributed by atoms with E-state index < -0.39 is 10.2 Å². The van der Waals surface area contributed by atoms with Gasteiger partial charge in [0.1, 0.15) is 0 Å². The predicted octanol–water partition coefficient (Wildman–Crippen LogP) is 1.67. The molecule has 0 N–H and O–H groups in total. The monoisotopic (exact) mass is 268 g/mol. The highest BCUT2D eigenvalue weighted by molar-refractivity contribution is 7.86. The van der Waals surface area contributed by atoms with E-state index in [1.807, 2.05) is 13.8 Å². The van der Waals surface area contributed by atoms with Crippen molar-refractivity contribution in [2.45, 2.75) is 39.2 Å². The molecule has 16 heavy (non-hydrogen) atoms. The van der Waals surface area contributed by atoms with Crippen molar-refractivity contribution in [1.29, 1.82) is 0 Å². The fraction of sp³-hybridized carbons (Fsp3) is 1.00. The van der Waals surface area contributed by atoms with E-state index in [0.29, 0.717) is 25.5 Å². The molecular formula is C10H21ClN2O2S. The van der Waals surface area contributed by atoms with Crippen molar-refractivity contribution in [2.75, 3.05) is 25.5 Å². The molecule has 0 amide bonds. The van der Waals surface area contributed by atoms with E-state index in [9.17, 15) is 8.42 Å². The van der Waals surface area contributed by atoms with Crippen LogP contribution in [0.2, 0.25) is 0 Å². The van der Waals surface area contributed by atoms with Crippen LogP contribution in [0.1, 0.15) is 33.1 Å². The zero-order valence-electron chi connectivity index (χ0n) is 10.0. The van der Waals surface area contributed by atoms with Crippen molar-refractivity contribution in [3.05, 3.63) is 0 Å². The van der Waals surface area contributed by atoms with Crippen LogP contribution in [0.4, 0.5) is 0 Å². The lowest BCUT2D eigenvalue weighted by molar-refractivity contribution is 0.287. The quantitative estimate of drug-likeness (QED) is 0.712. The first-order valence-electron chi connectivity index (χ1n) is 5.83. The molecule has 1 fully saturated rings. The van der Waals surface area contributed by atoms with Crippen LogP contribution in [0.5, 0.6) is 0 Å². The number of rotatable bonds is 5. The average Bonchev–Trinajstić information content (AvgIpc) is 2.26. The SMILES string of the molecule is CC(C)N(CCCl)S(=O)(=O)N1CCCCC1. The summed E-state index contributed by atoms with van der Waals surface area (Å²) >= 11 is 5.66. The van der Waals surface area contributed by atoms with Gasteiger partial charge in [-0.05, 0) is 26.7 Å². The maximum atomic E-state index is 12.3. The van der Waals surface area contributed by atoms with E-state index in [1.165, 1.54) is 4.31 Å². The van der Waals surface area contributed by atoms with E-state index in [4.69, 9.17) is 11.6 Å². The van der Waals surface area contributed by atoms with Crippen LogP contribution in [0.3, 0.4) is 0 Å². The summed E-state index contributed by atoms with van der Waals surface area (Å²) in [4.78, 5) is 0. The van der Waals surface area contributed by atoms with Gasteiger partial charge in [-0.3, -0.25) is 0 Å². The van der Waals surface area contributed by atoms with Crippen LogP contribution in [0.25, 0.3) is 0 Å². The summed E-state index contributed by atoms with van der Waals surface area (Å²) in [5.41, 5.74) is 0. The zero-order chi connectivity index (χ0) is 12.2. The molecule has 96 valence electrons. The first kappa shape index (κ1) is 14.2. The molecule has 1 aliphatic heterocycles. The molecule has 0 radical (unpaired) electrons. The van der Waals surface area contributed by atoms with Crippen LogP contribution in [-0.2, 0) is 10.2 Å². The molecule has 6 heteroatoms. The minimum absolute atomic E-state index is 0.0364. The second-order valence-corrected chi connectivity index (χ2v) is 6.62. The van der Waals surface area contributed by atoms with Gasteiger partial charge in [-0.1, -0.05) is 6.42 Å². The first-order valence-corrected chi connectivity index (χ1v) is 7.76. The third kappa shape index (κ3) is 3.32. The van der Waals surface area contributed by atoms with Gasteiger partial charge in [0.25, 0.3) is 10.2 Å². The van der Waals surface area contributed by atoms with Crippen LogP contribution in [0.15, 0.2) is 0 Å². The number of nitrogens with zero attached hydrogens (tertiary/aromatic N) is 2. The zero-order valence-corrected chi connectivity index (χ0v) is 11.6. The van der Waals surface area contributed by atoms with Gasteiger partial charge in [0.05, 0.1) is 0 Å². The highest BCUT2D eigenvalue weighted by Gasteiger charge is 2.31. The lowest BCUT2D eigenvalue weighted by Gasteiger charge is -2.33. The Hall–Kier alpha value is 0.160. The maximum Gasteiger partial charge on any atom is 0.282 e. The second-order valence-electron chi connectivity index (χ2n) is 4.36. The Morgan fingerprint density at radius 3 is 2.25 bits per heavy atom. The molecule has 0 atom stereocenters. The van der Waals surface area contributed by atoms with Gasteiger partial charge in [-0.15, -0.1) is 11.6 Å². The largest absolute Gasteiger partial charge is 0.282 e. The van der Waals surface area contributed by atoms with Crippen LogP contribution in [0, 0.1) is 0 Å². The normalized spacial score (nSPS) is 19.6. The Balaban J connectivity index is 2.79. The van der Waals surface area contributed by atoms with Gasteiger partial charge in [-0.2, -0.15) is 17.0 Å². The molecule has 0 bridgehead atoms. The lowest BCUT2D eigenvalue weighted by Crippen LogP contribution is -2.49. The number of piperidine rings is 1. The first-order chi connectivity index (χ1) is 7.50. The topological polar surface area (TPSA) is 40.6 Å². The molecule has 0 aromatic heterocycles. The van der Waals surface area contributed by atoms with Crippen molar-refractivity contribution in [3.63, 3.8) is 0 Å². The third-order valence-electron chi connectivity index (χ3n) is 2.82. The molecule has 1 saturated heterocycles. The van der Waals surface area contributed by atoms with E-state index in [-0.39, 0.29) is 6.04 Å². The fourth-order valence-electron chi connectivity index (χ4n) is 1.97. The standard InChI is InChI=1S/C10H21ClN2O2S/c1-10(2)13(9-6-11)16(14,15)12-7-4-3-5-8-12/h10H,3-9H2,1-2H3. The van der Waals surface area contributed by atoms with E-state index in [2.05, 4.69) is 0 Å². The molecule has 0 aromatic carbocycles. The smallest absolute Gasteiger partial charge is 0.195 e. The summed E-state index contributed by atoms with van der Waals surface area (Å²) in [6.45, 7) is 5.45. The molecule has 0 aromatic rings. The van der Waals surface area contributed by atoms with Crippen LogP contribution < -0.4 is 0 Å². The minimum Gasteiger partial charge on any atom is -0.195 e. The molecule has 1 rings (SSSR count). The summed E-state index contributed by atoms with van der Waals surface area (Å²) in [6, 6.07) is -0.0364. The lowest BCUT2D eigenvalue weighted by atomic mass is 10.2. The molecule has 0 aliphatic carbocycles. The summed E-state index contributed by atoms with van der Waals surface area (Å²) in [7, 11) is -3.30. The number of alkyl halides is 1. The minimum atomic E-state index is -3.30. The van der Waals surface area contributed by atoms with E-state index in [1.54, 1.807) is 4.31 Å². The van der Waals surface area contributed by atoms with Crippen LogP contribution >= 0.6 is 11.6 Å². The molecule has 0 spiro atoms. The third-order valence-corrected chi connectivity index (χ3v) is 5.20. The highest BCUT2D eigenvalue weighted by Crippen LogP contribution is 2.18. The Morgan fingerprint density at radius 1 is 1.25 bits per heavy atom. The van der Waals surface area contributed by atoms with Crippen LogP contribution in [-0.4, -0.2) is 48.6 Å². The molecule has 1 heterocycles. The molecule has 1 aliphatic rings. The summed E-state index contributed by atoms with van der Waals surface area (Å²) in [6.07, 6.45) is 3.06. The van der Waals surface area contributed by atoms with E-state index >= 15 is 0 Å². The Kier molecular flexibility index (Phi) is 5.50. The average molecular weight is 269 g/mol. The van der Waals surface area contributed by atoms with Gasteiger partial charge in [-0.25, -0.2) is 0 Å². The maximum absolute atomic E-state index is 12.3. The highest BCUT2D eigenvalue weighted by atomic mass is 35.5. The van der Waals surface area contributed by atoms with Gasteiger partial charge in [0.15, 0.2) is 0 Å². The van der Waals surface area contributed by atoms with Gasteiger partial charge in [0.2, 0.25) is 0 Å². The molecular weight excluding hydrogens is 248 g/mol.